The zero-order valence-corrected chi connectivity index (χ0v) is 15.3. The monoisotopic (exact) mass is 349 g/mol. The quantitative estimate of drug-likeness (QED) is 0.846. The van der Waals surface area contributed by atoms with Gasteiger partial charge in [0.25, 0.3) is 0 Å². The van der Waals surface area contributed by atoms with E-state index in [9.17, 15) is 9.59 Å². The first kappa shape index (κ1) is 17.1. The third-order valence-electron chi connectivity index (χ3n) is 6.69. The van der Waals surface area contributed by atoms with E-state index in [1.54, 1.807) is 0 Å². The van der Waals surface area contributed by atoms with Crippen LogP contribution in [0.3, 0.4) is 0 Å². The molecule has 140 valence electrons. The molecule has 0 spiro atoms. The van der Waals surface area contributed by atoms with Crippen molar-refractivity contribution in [2.75, 3.05) is 32.8 Å². The van der Waals surface area contributed by atoms with Crippen LogP contribution >= 0.6 is 0 Å². The maximum absolute atomic E-state index is 13.0. The fourth-order valence-corrected chi connectivity index (χ4v) is 5.61. The minimum absolute atomic E-state index is 0.0216. The van der Waals surface area contributed by atoms with Crippen molar-refractivity contribution in [3.63, 3.8) is 0 Å². The number of amides is 3. The fourth-order valence-electron chi connectivity index (χ4n) is 5.61. The van der Waals surface area contributed by atoms with Crippen LogP contribution in [0.25, 0.3) is 0 Å². The first-order chi connectivity index (χ1) is 12.1. The SMILES string of the molecule is CCC(NC(=O)N1CC2CC3CC(C2)CC1C3)C(=O)N1CCOCC1. The molecular weight excluding hydrogens is 318 g/mol. The summed E-state index contributed by atoms with van der Waals surface area (Å²) in [4.78, 5) is 29.6. The summed E-state index contributed by atoms with van der Waals surface area (Å²) in [6.07, 6.45) is 6.91. The molecule has 2 saturated carbocycles. The van der Waals surface area contributed by atoms with E-state index in [2.05, 4.69) is 10.2 Å². The van der Waals surface area contributed by atoms with Gasteiger partial charge in [0, 0.05) is 25.7 Å². The van der Waals surface area contributed by atoms with Crippen molar-refractivity contribution in [3.8, 4) is 0 Å². The van der Waals surface area contributed by atoms with Crippen molar-refractivity contribution in [2.24, 2.45) is 17.8 Å². The molecule has 0 aromatic carbocycles. The maximum Gasteiger partial charge on any atom is 0.318 e. The standard InChI is InChI=1S/C19H31N3O3/c1-2-17(18(23)21-3-5-25-6-4-21)20-19(24)22-12-15-8-13-7-14(9-15)11-16(22)10-13/h13-17H,2-12H2,1H3,(H,20,24). The molecule has 0 aromatic heterocycles. The number of carbonyl (C=O) groups excluding carboxylic acids is 2. The third-order valence-corrected chi connectivity index (χ3v) is 6.69. The lowest BCUT2D eigenvalue weighted by Crippen LogP contribution is -2.55. The molecule has 6 heteroatoms. The number of nitrogens with one attached hydrogen (secondary N) is 1. The number of morpholine rings is 1. The van der Waals surface area contributed by atoms with E-state index >= 15 is 0 Å². The number of nitrogens with zero attached hydrogens (tertiary/aromatic N) is 2. The Kier molecular flexibility index (Phi) is 4.89. The number of urea groups is 1. The molecule has 5 aliphatic rings. The molecule has 2 aliphatic carbocycles. The van der Waals surface area contributed by atoms with E-state index in [4.69, 9.17) is 4.74 Å². The van der Waals surface area contributed by atoms with Gasteiger partial charge in [-0.3, -0.25) is 4.79 Å². The molecule has 0 aromatic rings. The molecule has 3 amide bonds. The van der Waals surface area contributed by atoms with Crippen LogP contribution in [0.5, 0.6) is 0 Å². The molecule has 5 fully saturated rings. The minimum Gasteiger partial charge on any atom is -0.378 e. The summed E-state index contributed by atoms with van der Waals surface area (Å²) in [6.45, 7) is 5.29. The number of ether oxygens (including phenoxy) is 1. The van der Waals surface area contributed by atoms with Crippen LogP contribution in [0.4, 0.5) is 4.79 Å². The third kappa shape index (κ3) is 3.50. The summed E-state index contributed by atoms with van der Waals surface area (Å²) in [7, 11) is 0. The van der Waals surface area contributed by atoms with E-state index in [1.807, 2.05) is 11.8 Å². The van der Waals surface area contributed by atoms with E-state index in [1.165, 1.54) is 19.3 Å². The Bertz CT molecular complexity index is 506. The molecule has 0 radical (unpaired) electrons. The molecule has 3 unspecified atom stereocenters. The van der Waals surface area contributed by atoms with Crippen LogP contribution in [0.15, 0.2) is 0 Å². The predicted octanol–water partition coefficient (Wildman–Crippen LogP) is 1.84. The van der Waals surface area contributed by atoms with Gasteiger partial charge >= 0.3 is 6.03 Å². The van der Waals surface area contributed by atoms with Gasteiger partial charge in [0.1, 0.15) is 6.04 Å². The molecule has 1 N–H and O–H groups in total. The van der Waals surface area contributed by atoms with E-state index < -0.39 is 6.04 Å². The van der Waals surface area contributed by atoms with Gasteiger partial charge in [-0.1, -0.05) is 6.92 Å². The summed E-state index contributed by atoms with van der Waals surface area (Å²) >= 11 is 0. The van der Waals surface area contributed by atoms with Crippen LogP contribution in [-0.2, 0) is 9.53 Å². The highest BCUT2D eigenvalue weighted by atomic mass is 16.5. The van der Waals surface area contributed by atoms with Gasteiger partial charge in [-0.15, -0.1) is 0 Å². The Balaban J connectivity index is 1.40. The lowest BCUT2D eigenvalue weighted by molar-refractivity contribution is -0.137. The highest BCUT2D eigenvalue weighted by Crippen LogP contribution is 2.47. The molecule has 3 atom stereocenters. The van der Waals surface area contributed by atoms with Crippen LogP contribution in [-0.4, -0.2) is 66.7 Å². The Morgan fingerprint density at radius 3 is 2.32 bits per heavy atom. The number of hydrogen-bond acceptors (Lipinski definition) is 3. The van der Waals surface area contributed by atoms with Crippen LogP contribution < -0.4 is 5.32 Å². The van der Waals surface area contributed by atoms with E-state index in [0.717, 1.165) is 31.2 Å². The number of hydrogen-bond donors (Lipinski definition) is 1. The van der Waals surface area contributed by atoms with Gasteiger partial charge < -0.3 is 19.9 Å². The second-order valence-corrected chi connectivity index (χ2v) is 8.43. The first-order valence-corrected chi connectivity index (χ1v) is 10.1. The zero-order valence-electron chi connectivity index (χ0n) is 15.3. The first-order valence-electron chi connectivity index (χ1n) is 10.1. The van der Waals surface area contributed by atoms with Crippen molar-refractivity contribution in [3.05, 3.63) is 0 Å². The van der Waals surface area contributed by atoms with Gasteiger partial charge in [0.15, 0.2) is 0 Å². The van der Waals surface area contributed by atoms with Gasteiger partial charge in [-0.05, 0) is 56.3 Å². The molecule has 25 heavy (non-hydrogen) atoms. The van der Waals surface area contributed by atoms with Crippen LogP contribution in [0, 0.1) is 17.8 Å². The smallest absolute Gasteiger partial charge is 0.318 e. The van der Waals surface area contributed by atoms with Gasteiger partial charge in [-0.2, -0.15) is 0 Å². The van der Waals surface area contributed by atoms with Gasteiger partial charge in [0.05, 0.1) is 13.2 Å². The second-order valence-electron chi connectivity index (χ2n) is 8.43. The van der Waals surface area contributed by atoms with Crippen molar-refractivity contribution in [1.82, 2.24) is 15.1 Å². The second kappa shape index (κ2) is 7.14. The molecule has 4 bridgehead atoms. The molecular formula is C19H31N3O3. The lowest BCUT2D eigenvalue weighted by Gasteiger charge is -2.39. The van der Waals surface area contributed by atoms with Crippen LogP contribution in [0.2, 0.25) is 0 Å². The maximum atomic E-state index is 13.0. The Morgan fingerprint density at radius 1 is 1.04 bits per heavy atom. The Hall–Kier alpha value is -1.30. The topological polar surface area (TPSA) is 61.9 Å². The van der Waals surface area contributed by atoms with Crippen molar-refractivity contribution in [1.29, 1.82) is 0 Å². The molecule has 5 rings (SSSR count). The number of carbonyl (C=O) groups is 2. The summed E-state index contributed by atoms with van der Waals surface area (Å²) in [6, 6.07) is -0.0536. The minimum atomic E-state index is -0.414. The van der Waals surface area contributed by atoms with Crippen LogP contribution in [0.1, 0.15) is 45.4 Å². The highest BCUT2D eigenvalue weighted by Gasteiger charge is 2.44. The van der Waals surface area contributed by atoms with E-state index in [0.29, 0.717) is 44.7 Å². The highest BCUT2D eigenvalue weighted by molar-refractivity contribution is 5.87. The summed E-state index contributed by atoms with van der Waals surface area (Å²) in [5, 5.41) is 3.06. The van der Waals surface area contributed by atoms with E-state index in [-0.39, 0.29) is 11.9 Å². The largest absolute Gasteiger partial charge is 0.378 e. The molecule has 3 aliphatic heterocycles. The lowest BCUT2D eigenvalue weighted by atomic mass is 9.68. The van der Waals surface area contributed by atoms with Crippen molar-refractivity contribution >= 4 is 11.9 Å². The predicted molar refractivity (Wildman–Crippen MR) is 94.1 cm³/mol. The van der Waals surface area contributed by atoms with Gasteiger partial charge in [-0.25, -0.2) is 4.79 Å². The molecule has 6 nitrogen and oxygen atoms in total. The van der Waals surface area contributed by atoms with Gasteiger partial charge in [0.2, 0.25) is 5.91 Å². The summed E-state index contributed by atoms with van der Waals surface area (Å²) in [5.74, 6) is 2.34. The Labute approximate surface area is 150 Å². The number of fused-ring (bicyclic) bond motifs is 1. The van der Waals surface area contributed by atoms with Crippen molar-refractivity contribution in [2.45, 2.75) is 57.5 Å². The zero-order chi connectivity index (χ0) is 17.4. The van der Waals surface area contributed by atoms with Crippen molar-refractivity contribution < 1.29 is 14.3 Å². The summed E-state index contributed by atoms with van der Waals surface area (Å²) < 4.78 is 5.33. The Morgan fingerprint density at radius 2 is 1.68 bits per heavy atom. The molecule has 3 heterocycles. The average Bonchev–Trinajstić information content (AvgIpc) is 2.83. The number of rotatable bonds is 3. The fraction of sp³-hybridized carbons (Fsp3) is 0.895. The average molecular weight is 349 g/mol. The summed E-state index contributed by atoms with van der Waals surface area (Å²) in [5.41, 5.74) is 0. The normalized spacial score (nSPS) is 35.4. The molecule has 3 saturated heterocycles.